The first kappa shape index (κ1) is 19.8. The third-order valence-corrected chi connectivity index (χ3v) is 3.18. The van der Waals surface area contributed by atoms with Gasteiger partial charge in [-0.25, -0.2) is 0 Å². The van der Waals surface area contributed by atoms with Crippen LogP contribution in [0.25, 0.3) is 0 Å². The summed E-state index contributed by atoms with van der Waals surface area (Å²) in [5.74, 6) is 0.543. The minimum atomic E-state index is 0.122. The summed E-state index contributed by atoms with van der Waals surface area (Å²) in [6.07, 6.45) is 3.77. The van der Waals surface area contributed by atoms with Crippen LogP contribution >= 0.6 is 23.2 Å². The molecule has 0 aromatic rings. The fraction of sp³-hybridized carbons (Fsp3) is 1.00. The van der Waals surface area contributed by atoms with Gasteiger partial charge in [0.05, 0.1) is 27.2 Å². The van der Waals surface area contributed by atoms with Gasteiger partial charge >= 0.3 is 0 Å². The lowest BCUT2D eigenvalue weighted by Gasteiger charge is -2.27. The summed E-state index contributed by atoms with van der Waals surface area (Å²) < 4.78 is 6.53. The third kappa shape index (κ3) is 19.0. The van der Waals surface area contributed by atoms with E-state index in [-0.39, 0.29) is 5.38 Å². The highest BCUT2D eigenvalue weighted by atomic mass is 35.5. The summed E-state index contributed by atoms with van der Waals surface area (Å²) >= 11 is 10.5. The van der Waals surface area contributed by atoms with E-state index in [1.165, 1.54) is 19.3 Å². The Morgan fingerprint density at radius 1 is 1.18 bits per heavy atom. The lowest BCUT2D eigenvalue weighted by atomic mass is 10.3. The van der Waals surface area contributed by atoms with Gasteiger partial charge in [0.15, 0.2) is 6.73 Å². The molecule has 0 spiro atoms. The van der Waals surface area contributed by atoms with Crippen LogP contribution in [0.15, 0.2) is 0 Å². The molecule has 106 valence electrons. The van der Waals surface area contributed by atoms with Gasteiger partial charge in [0.2, 0.25) is 0 Å². The Bertz CT molecular complexity index is 152. The minimum absolute atomic E-state index is 0.122. The second-order valence-corrected chi connectivity index (χ2v) is 5.99. The van der Waals surface area contributed by atoms with Crippen molar-refractivity contribution in [2.45, 2.75) is 45.4 Å². The van der Waals surface area contributed by atoms with E-state index in [9.17, 15) is 0 Å². The Morgan fingerprint density at radius 2 is 1.71 bits per heavy atom. The number of halogens is 2. The summed E-state index contributed by atoms with van der Waals surface area (Å²) in [6.45, 7) is 9.17. The van der Waals surface area contributed by atoms with Crippen LogP contribution in [0.5, 0.6) is 0 Å². The SMILES string of the molecule is CC(Cl)CCl.CCCCCOC[N+](C)(C)CC. The highest BCUT2D eigenvalue weighted by Crippen LogP contribution is 1.99. The summed E-state index contributed by atoms with van der Waals surface area (Å²) in [5, 5.41) is 0.122. The monoisotopic (exact) mass is 286 g/mol. The number of alkyl halides is 2. The van der Waals surface area contributed by atoms with Crippen LogP contribution in [0.1, 0.15) is 40.0 Å². The van der Waals surface area contributed by atoms with Crippen LogP contribution in [0.4, 0.5) is 0 Å². The molecule has 17 heavy (non-hydrogen) atoms. The topological polar surface area (TPSA) is 9.23 Å². The second-order valence-electron chi connectivity index (χ2n) is 4.93. The van der Waals surface area contributed by atoms with E-state index in [1.807, 2.05) is 6.92 Å². The summed E-state index contributed by atoms with van der Waals surface area (Å²) in [6, 6.07) is 0. The molecule has 0 aliphatic carbocycles. The molecule has 1 unspecified atom stereocenters. The zero-order valence-corrected chi connectivity index (χ0v) is 13.7. The van der Waals surface area contributed by atoms with Gasteiger partial charge in [-0.3, -0.25) is 0 Å². The lowest BCUT2D eigenvalue weighted by Crippen LogP contribution is -2.41. The Labute approximate surface area is 118 Å². The Morgan fingerprint density at radius 3 is 2.06 bits per heavy atom. The van der Waals surface area contributed by atoms with Gasteiger partial charge < -0.3 is 9.22 Å². The summed E-state index contributed by atoms with van der Waals surface area (Å²) in [4.78, 5) is 0. The van der Waals surface area contributed by atoms with Crippen LogP contribution < -0.4 is 0 Å². The molecule has 0 fully saturated rings. The largest absolute Gasteiger partial charge is 0.332 e. The predicted molar refractivity (Wildman–Crippen MR) is 79.0 cm³/mol. The number of hydrogen-bond acceptors (Lipinski definition) is 1. The maximum Gasteiger partial charge on any atom is 0.182 e. The molecule has 0 heterocycles. The number of rotatable bonds is 8. The van der Waals surface area contributed by atoms with Crippen molar-refractivity contribution in [3.05, 3.63) is 0 Å². The molecule has 2 nitrogen and oxygen atoms in total. The second kappa shape index (κ2) is 12.9. The van der Waals surface area contributed by atoms with Crippen molar-refractivity contribution >= 4 is 23.2 Å². The molecule has 0 radical (unpaired) electrons. The predicted octanol–water partition coefficient (Wildman–Crippen LogP) is 4.10. The quantitative estimate of drug-likeness (QED) is 0.283. The standard InChI is InChI=1S/C10H24NO.C3H6Cl2/c1-5-7-8-9-12-10-11(3,4)6-2;1-3(5)2-4/h5-10H2,1-4H3;3H,2H2,1H3/q+1;. The first-order valence-corrected chi connectivity index (χ1v) is 7.46. The number of ether oxygens (including phenoxy) is 1. The van der Waals surface area contributed by atoms with Crippen molar-refractivity contribution in [3.63, 3.8) is 0 Å². The average molecular weight is 287 g/mol. The van der Waals surface area contributed by atoms with Gasteiger partial charge in [0.25, 0.3) is 0 Å². The van der Waals surface area contributed by atoms with Crippen molar-refractivity contribution in [3.8, 4) is 0 Å². The van der Waals surface area contributed by atoms with E-state index in [0.717, 1.165) is 24.4 Å². The van der Waals surface area contributed by atoms with E-state index in [1.54, 1.807) is 0 Å². The first-order chi connectivity index (χ1) is 7.89. The molecule has 0 saturated heterocycles. The van der Waals surface area contributed by atoms with Crippen LogP contribution in [-0.2, 0) is 4.74 Å². The first-order valence-electron chi connectivity index (χ1n) is 6.49. The fourth-order valence-corrected chi connectivity index (χ4v) is 0.857. The van der Waals surface area contributed by atoms with Crippen molar-refractivity contribution in [1.82, 2.24) is 0 Å². The highest BCUT2D eigenvalue weighted by molar-refractivity contribution is 6.27. The zero-order chi connectivity index (χ0) is 13.7. The van der Waals surface area contributed by atoms with Crippen molar-refractivity contribution in [1.29, 1.82) is 0 Å². The van der Waals surface area contributed by atoms with Crippen LogP contribution in [-0.4, -0.2) is 49.7 Å². The van der Waals surface area contributed by atoms with Crippen LogP contribution in [0, 0.1) is 0 Å². The van der Waals surface area contributed by atoms with Crippen molar-refractivity contribution in [2.24, 2.45) is 0 Å². The fourth-order valence-electron chi connectivity index (χ4n) is 0.857. The molecule has 0 bridgehead atoms. The van der Waals surface area contributed by atoms with E-state index in [2.05, 4.69) is 27.9 Å². The number of unbranched alkanes of at least 4 members (excludes halogenated alkanes) is 2. The molecule has 1 atom stereocenters. The number of quaternary nitrogens is 1. The Balaban J connectivity index is 0. The molecule has 0 aliphatic rings. The van der Waals surface area contributed by atoms with Gasteiger partial charge in [-0.2, -0.15) is 0 Å². The molecule has 0 amide bonds. The molecule has 0 rings (SSSR count). The minimum Gasteiger partial charge on any atom is -0.332 e. The molecular formula is C13H30Cl2NO+. The van der Waals surface area contributed by atoms with Crippen molar-refractivity contribution < 1.29 is 9.22 Å². The van der Waals surface area contributed by atoms with Gasteiger partial charge in [0, 0.05) is 11.3 Å². The average Bonchev–Trinajstić information content (AvgIpc) is 2.29. The van der Waals surface area contributed by atoms with E-state index >= 15 is 0 Å². The third-order valence-electron chi connectivity index (χ3n) is 2.40. The maximum absolute atomic E-state index is 5.56. The zero-order valence-electron chi connectivity index (χ0n) is 12.1. The molecular weight excluding hydrogens is 257 g/mol. The van der Waals surface area contributed by atoms with E-state index in [4.69, 9.17) is 27.9 Å². The number of hydrogen-bond donors (Lipinski definition) is 0. The van der Waals surface area contributed by atoms with Gasteiger partial charge in [0.1, 0.15) is 0 Å². The molecule has 0 aromatic heterocycles. The van der Waals surface area contributed by atoms with Gasteiger partial charge in [-0.15, -0.1) is 23.2 Å². The maximum atomic E-state index is 5.56. The van der Waals surface area contributed by atoms with Crippen LogP contribution in [0.3, 0.4) is 0 Å². The molecule has 0 aromatic carbocycles. The van der Waals surface area contributed by atoms with E-state index in [0.29, 0.717) is 5.88 Å². The number of nitrogens with zero attached hydrogens (tertiary/aromatic N) is 1. The Hall–Kier alpha value is 0.500. The van der Waals surface area contributed by atoms with Gasteiger partial charge in [-0.1, -0.05) is 19.8 Å². The highest BCUT2D eigenvalue weighted by Gasteiger charge is 2.10. The molecule has 0 saturated carbocycles. The summed E-state index contributed by atoms with van der Waals surface area (Å²) in [5.41, 5.74) is 0. The van der Waals surface area contributed by atoms with Crippen LogP contribution in [0.2, 0.25) is 0 Å². The molecule has 0 aliphatic heterocycles. The van der Waals surface area contributed by atoms with E-state index < -0.39 is 0 Å². The molecule has 0 N–H and O–H groups in total. The lowest BCUT2D eigenvalue weighted by molar-refractivity contribution is -0.908. The smallest absolute Gasteiger partial charge is 0.182 e. The Kier molecular flexibility index (Phi) is 15.1. The summed E-state index contributed by atoms with van der Waals surface area (Å²) in [7, 11) is 4.39. The normalized spacial score (nSPS) is 12.9. The molecule has 4 heteroatoms. The van der Waals surface area contributed by atoms with Crippen molar-refractivity contribution in [2.75, 3.05) is 39.9 Å². The van der Waals surface area contributed by atoms with Gasteiger partial charge in [-0.05, 0) is 20.3 Å².